The summed E-state index contributed by atoms with van der Waals surface area (Å²) in [6.07, 6.45) is 5.74. The molecule has 3 aromatic heterocycles. The number of nitrogens with one attached hydrogen (secondary N) is 1. The zero-order valence-corrected chi connectivity index (χ0v) is 29.6. The van der Waals surface area contributed by atoms with E-state index in [2.05, 4.69) is 62.9 Å². The monoisotopic (exact) mass is 636 g/mol. The normalized spacial score (nSPS) is 15.7. The lowest BCUT2D eigenvalue weighted by Gasteiger charge is -2.38. The van der Waals surface area contributed by atoms with Crippen LogP contribution in [0.1, 0.15) is 59.2 Å². The molecular weight excluding hydrogens is 588 g/mol. The van der Waals surface area contributed by atoms with Crippen molar-refractivity contribution in [3.8, 4) is 22.9 Å². The third kappa shape index (κ3) is 6.32. The lowest BCUT2D eigenvalue weighted by atomic mass is 10.2. The molecule has 244 valence electrons. The van der Waals surface area contributed by atoms with Gasteiger partial charge in [-0.3, -0.25) is 0 Å². The van der Waals surface area contributed by atoms with E-state index < -0.39 is 8.32 Å². The number of anilines is 3. The van der Waals surface area contributed by atoms with Gasteiger partial charge in [-0.1, -0.05) is 20.8 Å². The third-order valence-corrected chi connectivity index (χ3v) is 13.6. The van der Waals surface area contributed by atoms with Crippen LogP contribution in [0.2, 0.25) is 18.1 Å². The van der Waals surface area contributed by atoms with Crippen LogP contribution >= 0.6 is 0 Å². The van der Waals surface area contributed by atoms with Gasteiger partial charge in [0.05, 0.1) is 56.9 Å². The number of fused-ring (bicyclic) bond motifs is 1. The topological polar surface area (TPSA) is 114 Å². The minimum Gasteiger partial charge on any atom is -0.493 e. The second-order valence-electron chi connectivity index (χ2n) is 13.4. The van der Waals surface area contributed by atoms with Crippen LogP contribution in [-0.2, 0) is 4.43 Å². The molecule has 4 aromatic rings. The molecule has 0 bridgehead atoms. The van der Waals surface area contributed by atoms with Gasteiger partial charge in [0.1, 0.15) is 12.1 Å². The summed E-state index contributed by atoms with van der Waals surface area (Å²) in [4.78, 5) is 17.1. The van der Waals surface area contributed by atoms with Gasteiger partial charge in [0, 0.05) is 24.7 Å². The van der Waals surface area contributed by atoms with Gasteiger partial charge in [0.2, 0.25) is 11.7 Å². The highest BCUT2D eigenvalue weighted by Crippen LogP contribution is 2.40. The third-order valence-electron chi connectivity index (χ3n) is 9.06. The Morgan fingerprint density at radius 3 is 2.33 bits per heavy atom. The Balaban J connectivity index is 1.50. The molecule has 0 amide bonds. The van der Waals surface area contributed by atoms with E-state index >= 15 is 0 Å². The number of ether oxygens (including phenoxy) is 3. The molecule has 0 saturated carbocycles. The number of rotatable bonds is 11. The van der Waals surface area contributed by atoms with Crippen LogP contribution in [0.4, 0.5) is 17.6 Å². The summed E-state index contributed by atoms with van der Waals surface area (Å²) in [6, 6.07) is 4.10. The fraction of sp³-hybridized carbons (Fsp3) is 0.562. The summed E-state index contributed by atoms with van der Waals surface area (Å²) >= 11 is 0. The van der Waals surface area contributed by atoms with Crippen molar-refractivity contribution in [3.63, 3.8) is 0 Å². The minimum absolute atomic E-state index is 0.132. The van der Waals surface area contributed by atoms with E-state index in [1.54, 1.807) is 27.7 Å². The average Bonchev–Trinajstić information content (AvgIpc) is 3.73. The van der Waals surface area contributed by atoms with Crippen LogP contribution in [0.25, 0.3) is 16.7 Å². The number of imidazole rings is 1. The van der Waals surface area contributed by atoms with Crippen molar-refractivity contribution in [1.29, 1.82) is 0 Å². The summed E-state index contributed by atoms with van der Waals surface area (Å²) in [5, 5.41) is 9.38. The highest BCUT2D eigenvalue weighted by molar-refractivity contribution is 6.74. The second-order valence-corrected chi connectivity index (χ2v) is 18.2. The first-order chi connectivity index (χ1) is 21.3. The minimum atomic E-state index is -1.91. The van der Waals surface area contributed by atoms with Crippen LogP contribution < -0.4 is 24.4 Å². The maximum absolute atomic E-state index is 6.71. The van der Waals surface area contributed by atoms with Crippen LogP contribution in [0.15, 0.2) is 24.7 Å². The molecule has 1 N–H and O–H groups in total. The molecule has 12 nitrogen and oxygen atoms in total. The van der Waals surface area contributed by atoms with Crippen molar-refractivity contribution in [2.24, 2.45) is 0 Å². The molecule has 1 unspecified atom stereocenters. The molecule has 1 fully saturated rings. The number of aryl methyl sites for hydroxylation is 1. The Hall–Kier alpha value is -3.84. The second kappa shape index (κ2) is 12.5. The first kappa shape index (κ1) is 32.5. The average molecular weight is 637 g/mol. The summed E-state index contributed by atoms with van der Waals surface area (Å²) < 4.78 is 27.1. The van der Waals surface area contributed by atoms with Gasteiger partial charge in [0.15, 0.2) is 31.3 Å². The van der Waals surface area contributed by atoms with Crippen LogP contribution in [0.3, 0.4) is 0 Å². The van der Waals surface area contributed by atoms with E-state index in [0.717, 1.165) is 47.6 Å². The molecule has 0 spiro atoms. The zero-order valence-electron chi connectivity index (χ0n) is 28.6. The number of hydrogen-bond donors (Lipinski definition) is 1. The molecule has 1 aromatic carbocycles. The predicted octanol–water partition coefficient (Wildman–Crippen LogP) is 6.66. The van der Waals surface area contributed by atoms with Crippen molar-refractivity contribution in [3.05, 3.63) is 30.4 Å². The van der Waals surface area contributed by atoms with E-state index in [1.165, 1.54) is 0 Å². The predicted molar refractivity (Wildman–Crippen MR) is 180 cm³/mol. The van der Waals surface area contributed by atoms with Crippen molar-refractivity contribution < 1.29 is 18.6 Å². The fourth-order valence-electron chi connectivity index (χ4n) is 5.48. The van der Waals surface area contributed by atoms with Gasteiger partial charge in [0.25, 0.3) is 0 Å². The Morgan fingerprint density at radius 1 is 1.04 bits per heavy atom. The maximum atomic E-state index is 6.71. The lowest BCUT2D eigenvalue weighted by molar-refractivity contribution is 0.263. The summed E-state index contributed by atoms with van der Waals surface area (Å²) in [6.45, 7) is 19.3. The van der Waals surface area contributed by atoms with Crippen LogP contribution in [0.5, 0.6) is 17.2 Å². The van der Waals surface area contributed by atoms with E-state index in [0.29, 0.717) is 35.6 Å². The number of hydrogen-bond acceptors (Lipinski definition) is 10. The lowest BCUT2D eigenvalue weighted by Crippen LogP contribution is -2.45. The van der Waals surface area contributed by atoms with Gasteiger partial charge in [-0.25, -0.2) is 9.67 Å². The summed E-state index contributed by atoms with van der Waals surface area (Å²) in [7, 11) is 2.88. The highest BCUT2D eigenvalue weighted by atomic mass is 28.4. The van der Waals surface area contributed by atoms with Crippen LogP contribution in [-0.4, -0.2) is 78.1 Å². The first-order valence-corrected chi connectivity index (χ1v) is 18.5. The highest BCUT2D eigenvalue weighted by Gasteiger charge is 2.39. The molecule has 1 atom stereocenters. The first-order valence-electron chi connectivity index (χ1n) is 15.6. The molecule has 0 radical (unpaired) electrons. The molecule has 5 rings (SSSR count). The van der Waals surface area contributed by atoms with Gasteiger partial charge < -0.3 is 33.4 Å². The molecule has 1 aliphatic rings. The summed E-state index contributed by atoms with van der Waals surface area (Å²) in [5.41, 5.74) is 2.52. The molecule has 45 heavy (non-hydrogen) atoms. The SMILES string of the molecule is COc1cc(-n2cnc(Nc3nc(N4CCCC4CO[Si](C)(C)C(C)(C)C)c4c(C)nn(C(C)C)c4n3)c2)cc(OC)c1OC. The van der Waals surface area contributed by atoms with Crippen molar-refractivity contribution >= 4 is 36.9 Å². The number of nitrogens with zero attached hydrogens (tertiary/aromatic N) is 7. The molecule has 1 aliphatic heterocycles. The Labute approximate surface area is 267 Å². The molecule has 4 heterocycles. The van der Waals surface area contributed by atoms with E-state index in [9.17, 15) is 0 Å². The Bertz CT molecular complexity index is 1630. The van der Waals surface area contributed by atoms with E-state index in [-0.39, 0.29) is 17.1 Å². The zero-order chi connectivity index (χ0) is 32.7. The molecule has 1 saturated heterocycles. The van der Waals surface area contributed by atoms with E-state index in [1.807, 2.05) is 34.5 Å². The Morgan fingerprint density at radius 2 is 1.73 bits per heavy atom. The standard InChI is InChI=1S/C32H48N8O4Si/c1-20(2)40-30-27(21(3)37-40)29(39-14-12-13-22(39)18-44-45(10,11)32(4,5)6)35-31(36-30)34-26-17-38(19-33-26)23-15-24(41-7)28(43-9)25(16-23)42-8/h15-17,19-20,22H,12-14,18H2,1-11H3,(H,34,35,36). The van der Waals surface area contributed by atoms with Crippen LogP contribution in [0, 0.1) is 6.92 Å². The quantitative estimate of drug-likeness (QED) is 0.179. The molecule has 13 heteroatoms. The smallest absolute Gasteiger partial charge is 0.232 e. The van der Waals surface area contributed by atoms with Crippen molar-refractivity contribution in [2.75, 3.05) is 44.7 Å². The van der Waals surface area contributed by atoms with Crippen molar-refractivity contribution in [2.45, 2.75) is 84.6 Å². The number of aromatic nitrogens is 6. The maximum Gasteiger partial charge on any atom is 0.232 e. The van der Waals surface area contributed by atoms with Gasteiger partial charge in [-0.2, -0.15) is 15.1 Å². The van der Waals surface area contributed by atoms with Gasteiger partial charge in [-0.05, 0) is 51.7 Å². The largest absolute Gasteiger partial charge is 0.493 e. The fourth-order valence-corrected chi connectivity index (χ4v) is 6.52. The Kier molecular flexibility index (Phi) is 9.05. The number of benzene rings is 1. The van der Waals surface area contributed by atoms with Gasteiger partial charge >= 0.3 is 0 Å². The van der Waals surface area contributed by atoms with E-state index in [4.69, 9.17) is 33.7 Å². The van der Waals surface area contributed by atoms with Gasteiger partial charge in [-0.15, -0.1) is 0 Å². The van der Waals surface area contributed by atoms with Crippen molar-refractivity contribution in [1.82, 2.24) is 29.3 Å². The summed E-state index contributed by atoms with van der Waals surface area (Å²) in [5.74, 6) is 3.60. The number of methoxy groups -OCH3 is 3. The molecular formula is C32H48N8O4Si. The molecule has 0 aliphatic carbocycles.